The Morgan fingerprint density at radius 3 is 2.61 bits per heavy atom. The second kappa shape index (κ2) is 6.49. The number of para-hydroxylation sites is 1. The van der Waals surface area contributed by atoms with Gasteiger partial charge in [0.05, 0.1) is 0 Å². The summed E-state index contributed by atoms with van der Waals surface area (Å²) in [6, 6.07) is 18.1. The van der Waals surface area contributed by atoms with E-state index in [1.165, 1.54) is 5.56 Å². The number of benzene rings is 2. The van der Waals surface area contributed by atoms with E-state index in [1.54, 1.807) is 0 Å². The molecule has 6 heteroatoms. The molecule has 2 N–H and O–H groups in total. The van der Waals surface area contributed by atoms with Crippen molar-refractivity contribution in [2.75, 3.05) is 13.1 Å². The molecule has 5 rings (SSSR count). The van der Waals surface area contributed by atoms with Crippen molar-refractivity contribution < 1.29 is 9.63 Å². The molecule has 1 amide bonds. The first-order valence-corrected chi connectivity index (χ1v) is 9.60. The SMILES string of the molecule is Cc1ccc(C2=NC3(CCN(C(=O)c4cc5ccccc5[nH]4)CC3)ON2)cc1. The number of hydrogen-bond donors (Lipinski definition) is 2. The molecule has 1 saturated heterocycles. The third-order valence-corrected chi connectivity index (χ3v) is 5.57. The molecule has 1 aromatic heterocycles. The van der Waals surface area contributed by atoms with Gasteiger partial charge in [-0.3, -0.25) is 4.79 Å². The van der Waals surface area contributed by atoms with Crippen LogP contribution >= 0.6 is 0 Å². The summed E-state index contributed by atoms with van der Waals surface area (Å²) in [5.41, 5.74) is 6.24. The molecule has 0 aliphatic carbocycles. The van der Waals surface area contributed by atoms with E-state index in [9.17, 15) is 4.79 Å². The third-order valence-electron chi connectivity index (χ3n) is 5.57. The highest BCUT2D eigenvalue weighted by atomic mass is 16.7. The summed E-state index contributed by atoms with van der Waals surface area (Å²) >= 11 is 0. The first kappa shape index (κ1) is 17.0. The average molecular weight is 374 g/mol. The zero-order chi connectivity index (χ0) is 19.1. The maximum atomic E-state index is 12.9. The minimum Gasteiger partial charge on any atom is -0.351 e. The van der Waals surface area contributed by atoms with Crippen LogP contribution in [0.3, 0.4) is 0 Å². The van der Waals surface area contributed by atoms with Crippen LogP contribution in [0.1, 0.15) is 34.5 Å². The van der Waals surface area contributed by atoms with Crippen molar-refractivity contribution in [3.05, 3.63) is 71.4 Å². The van der Waals surface area contributed by atoms with Crippen LogP contribution < -0.4 is 5.48 Å². The Morgan fingerprint density at radius 2 is 1.86 bits per heavy atom. The second-order valence-electron chi connectivity index (χ2n) is 7.54. The molecule has 3 heterocycles. The lowest BCUT2D eigenvalue weighted by molar-refractivity contribution is -0.0850. The molecule has 2 aliphatic rings. The van der Waals surface area contributed by atoms with Gasteiger partial charge in [-0.1, -0.05) is 48.0 Å². The number of piperidine rings is 1. The quantitative estimate of drug-likeness (QED) is 0.722. The van der Waals surface area contributed by atoms with Gasteiger partial charge in [0.25, 0.3) is 5.91 Å². The van der Waals surface area contributed by atoms with Crippen molar-refractivity contribution in [2.24, 2.45) is 4.99 Å². The summed E-state index contributed by atoms with van der Waals surface area (Å²) < 4.78 is 0. The Bertz CT molecular complexity index is 1030. The van der Waals surface area contributed by atoms with Crippen LogP contribution in [-0.4, -0.2) is 40.4 Å². The highest BCUT2D eigenvalue weighted by Crippen LogP contribution is 2.31. The predicted molar refractivity (Wildman–Crippen MR) is 108 cm³/mol. The standard InChI is InChI=1S/C22H22N4O2/c1-15-6-8-16(9-7-15)20-24-22(28-25-20)10-12-26(13-11-22)21(27)19-14-17-4-2-3-5-18(17)23-19/h2-9,14,23H,10-13H2,1H3,(H,24,25). The Balaban J connectivity index is 1.29. The molecule has 28 heavy (non-hydrogen) atoms. The summed E-state index contributed by atoms with van der Waals surface area (Å²) in [5.74, 6) is 0.787. The fourth-order valence-electron chi connectivity index (χ4n) is 3.86. The van der Waals surface area contributed by atoms with Crippen molar-refractivity contribution in [3.63, 3.8) is 0 Å². The number of nitrogens with zero attached hydrogens (tertiary/aromatic N) is 2. The van der Waals surface area contributed by atoms with Crippen LogP contribution in [0.15, 0.2) is 59.6 Å². The molecular weight excluding hydrogens is 352 g/mol. The van der Waals surface area contributed by atoms with Gasteiger partial charge in [-0.05, 0) is 19.1 Å². The highest BCUT2D eigenvalue weighted by Gasteiger charge is 2.41. The van der Waals surface area contributed by atoms with Crippen molar-refractivity contribution in [1.82, 2.24) is 15.4 Å². The van der Waals surface area contributed by atoms with Gasteiger partial charge in [-0.2, -0.15) is 0 Å². The number of amidine groups is 1. The maximum Gasteiger partial charge on any atom is 0.270 e. The molecule has 1 spiro atoms. The summed E-state index contributed by atoms with van der Waals surface area (Å²) in [5, 5.41) is 1.05. The summed E-state index contributed by atoms with van der Waals surface area (Å²) in [7, 11) is 0. The Kier molecular flexibility index (Phi) is 3.94. The first-order valence-electron chi connectivity index (χ1n) is 9.60. The van der Waals surface area contributed by atoms with Gasteiger partial charge in [-0.25, -0.2) is 15.3 Å². The van der Waals surface area contributed by atoms with Gasteiger partial charge < -0.3 is 9.88 Å². The Hall–Kier alpha value is -3.12. The number of likely N-dealkylation sites (tertiary alicyclic amines) is 1. The van der Waals surface area contributed by atoms with Gasteiger partial charge in [-0.15, -0.1) is 0 Å². The second-order valence-corrected chi connectivity index (χ2v) is 7.54. The van der Waals surface area contributed by atoms with E-state index >= 15 is 0 Å². The molecule has 0 atom stereocenters. The smallest absolute Gasteiger partial charge is 0.270 e. The fraction of sp³-hybridized carbons (Fsp3) is 0.273. The van der Waals surface area contributed by atoms with Crippen molar-refractivity contribution in [3.8, 4) is 0 Å². The lowest BCUT2D eigenvalue weighted by Gasteiger charge is -2.35. The van der Waals surface area contributed by atoms with Crippen LogP contribution in [0.2, 0.25) is 0 Å². The lowest BCUT2D eigenvalue weighted by atomic mass is 10.0. The number of carbonyl (C=O) groups is 1. The molecule has 0 bridgehead atoms. The molecule has 0 radical (unpaired) electrons. The van der Waals surface area contributed by atoms with Gasteiger partial charge in [0, 0.05) is 42.4 Å². The van der Waals surface area contributed by atoms with Gasteiger partial charge >= 0.3 is 0 Å². The fourth-order valence-corrected chi connectivity index (χ4v) is 3.86. The van der Waals surface area contributed by atoms with E-state index in [0.717, 1.165) is 22.3 Å². The number of fused-ring (bicyclic) bond motifs is 1. The van der Waals surface area contributed by atoms with E-state index in [-0.39, 0.29) is 5.91 Å². The number of aromatic amines is 1. The van der Waals surface area contributed by atoms with E-state index in [1.807, 2.05) is 47.4 Å². The summed E-state index contributed by atoms with van der Waals surface area (Å²) in [6.45, 7) is 3.28. The van der Waals surface area contributed by atoms with Crippen molar-refractivity contribution >= 4 is 22.6 Å². The third kappa shape index (κ3) is 2.96. The van der Waals surface area contributed by atoms with Crippen molar-refractivity contribution in [2.45, 2.75) is 25.5 Å². The zero-order valence-electron chi connectivity index (χ0n) is 15.7. The maximum absolute atomic E-state index is 12.9. The molecule has 1 fully saturated rings. The first-order chi connectivity index (χ1) is 13.6. The van der Waals surface area contributed by atoms with Gasteiger partial charge in [0.2, 0.25) is 0 Å². The number of nitrogens with one attached hydrogen (secondary N) is 2. The van der Waals surface area contributed by atoms with E-state index in [0.29, 0.717) is 31.6 Å². The molecule has 6 nitrogen and oxygen atoms in total. The monoisotopic (exact) mass is 374 g/mol. The summed E-state index contributed by atoms with van der Waals surface area (Å²) in [4.78, 5) is 28.7. The number of hydroxylamine groups is 1. The van der Waals surface area contributed by atoms with Crippen LogP contribution in [0.4, 0.5) is 0 Å². The largest absolute Gasteiger partial charge is 0.351 e. The zero-order valence-corrected chi connectivity index (χ0v) is 15.7. The number of rotatable bonds is 2. The van der Waals surface area contributed by atoms with Gasteiger partial charge in [0.1, 0.15) is 5.69 Å². The number of hydrogen-bond acceptors (Lipinski definition) is 4. The molecule has 0 unspecified atom stereocenters. The number of amides is 1. The summed E-state index contributed by atoms with van der Waals surface area (Å²) in [6.07, 6.45) is 1.34. The molecule has 142 valence electrons. The number of aryl methyl sites for hydroxylation is 1. The Morgan fingerprint density at radius 1 is 1.11 bits per heavy atom. The van der Waals surface area contributed by atoms with E-state index < -0.39 is 5.72 Å². The van der Waals surface area contributed by atoms with Crippen LogP contribution in [0.5, 0.6) is 0 Å². The highest BCUT2D eigenvalue weighted by molar-refractivity contribution is 5.99. The van der Waals surface area contributed by atoms with Crippen LogP contribution in [-0.2, 0) is 4.84 Å². The molecule has 0 saturated carbocycles. The topological polar surface area (TPSA) is 69.7 Å². The number of carbonyl (C=O) groups excluding carboxylic acids is 1. The molecule has 3 aromatic rings. The minimum absolute atomic E-state index is 0.0275. The van der Waals surface area contributed by atoms with Crippen molar-refractivity contribution in [1.29, 1.82) is 0 Å². The number of aromatic nitrogens is 1. The average Bonchev–Trinajstić information content (AvgIpc) is 3.33. The van der Waals surface area contributed by atoms with E-state index in [2.05, 4.69) is 29.5 Å². The number of H-pyrrole nitrogens is 1. The molecule has 2 aliphatic heterocycles. The normalized spacial score (nSPS) is 18.3. The minimum atomic E-state index is -0.586. The predicted octanol–water partition coefficient (Wildman–Crippen LogP) is 3.39. The van der Waals surface area contributed by atoms with Crippen LogP contribution in [0.25, 0.3) is 10.9 Å². The molecule has 2 aromatic carbocycles. The lowest BCUT2D eigenvalue weighted by Crippen LogP contribution is -2.46. The molecular formula is C22H22N4O2. The Labute approximate surface area is 163 Å². The van der Waals surface area contributed by atoms with Crippen LogP contribution in [0, 0.1) is 6.92 Å². The van der Waals surface area contributed by atoms with Gasteiger partial charge in [0.15, 0.2) is 11.6 Å². The number of aliphatic imine (C=N–C) groups is 1. The van der Waals surface area contributed by atoms with E-state index in [4.69, 9.17) is 9.83 Å².